The van der Waals surface area contributed by atoms with Crippen LogP contribution < -0.4 is 0 Å². The Morgan fingerprint density at radius 1 is 1.24 bits per heavy atom. The molecule has 0 aliphatic rings. The number of hydrogen-bond donors (Lipinski definition) is 0. The molecule has 17 heavy (non-hydrogen) atoms. The van der Waals surface area contributed by atoms with Crippen molar-refractivity contribution in [2.75, 3.05) is 27.2 Å². The van der Waals surface area contributed by atoms with Crippen LogP contribution in [0.5, 0.6) is 0 Å². The highest BCUT2D eigenvalue weighted by molar-refractivity contribution is 5.73. The topological polar surface area (TPSA) is 29.5 Å². The van der Waals surface area contributed by atoms with Gasteiger partial charge in [0.25, 0.3) is 0 Å². The third kappa shape index (κ3) is 7.37. The molecule has 3 nitrogen and oxygen atoms in total. The minimum Gasteiger partial charge on any atom is -0.464 e. The van der Waals surface area contributed by atoms with E-state index in [-0.39, 0.29) is 17.3 Å². The molecule has 0 aromatic carbocycles. The van der Waals surface area contributed by atoms with Gasteiger partial charge in [-0.3, -0.25) is 4.79 Å². The number of rotatable bonds is 6. The Balaban J connectivity index is 4.34. The van der Waals surface area contributed by atoms with Gasteiger partial charge in [-0.2, -0.15) is 0 Å². The molecular weight excluding hydrogens is 214 g/mol. The van der Waals surface area contributed by atoms with Gasteiger partial charge in [0.2, 0.25) is 0 Å². The number of hydrogen-bond acceptors (Lipinski definition) is 3. The summed E-state index contributed by atoms with van der Waals surface area (Å²) >= 11 is 0. The molecular formula is C14H29NO2. The van der Waals surface area contributed by atoms with Crippen molar-refractivity contribution >= 4 is 5.97 Å². The molecule has 0 bridgehead atoms. The summed E-state index contributed by atoms with van der Waals surface area (Å²) in [6.45, 7) is 11.9. The van der Waals surface area contributed by atoms with E-state index in [4.69, 9.17) is 4.74 Å². The lowest BCUT2D eigenvalue weighted by molar-refractivity contribution is -0.153. The zero-order chi connectivity index (χ0) is 13.6. The van der Waals surface area contributed by atoms with E-state index in [1.54, 1.807) is 0 Å². The van der Waals surface area contributed by atoms with E-state index >= 15 is 0 Å². The van der Waals surface area contributed by atoms with E-state index in [0.29, 0.717) is 12.5 Å². The van der Waals surface area contributed by atoms with Gasteiger partial charge < -0.3 is 9.64 Å². The molecule has 0 aromatic heterocycles. The first-order valence-corrected chi connectivity index (χ1v) is 6.46. The number of likely N-dealkylation sites (N-methyl/N-ethyl adjacent to an activating group) is 1. The Morgan fingerprint density at radius 2 is 1.76 bits per heavy atom. The number of carbonyl (C=O) groups excluding carboxylic acids is 1. The molecule has 0 heterocycles. The summed E-state index contributed by atoms with van der Waals surface area (Å²) in [5.41, 5.74) is -0.0283. The number of carbonyl (C=O) groups is 1. The van der Waals surface area contributed by atoms with Gasteiger partial charge >= 0.3 is 5.97 Å². The van der Waals surface area contributed by atoms with Gasteiger partial charge in [-0.05, 0) is 31.8 Å². The van der Waals surface area contributed by atoms with E-state index in [1.165, 1.54) is 0 Å². The van der Waals surface area contributed by atoms with Gasteiger partial charge in [0.05, 0.1) is 5.92 Å². The van der Waals surface area contributed by atoms with Crippen LogP contribution in [-0.2, 0) is 9.53 Å². The second kappa shape index (κ2) is 7.00. The zero-order valence-corrected chi connectivity index (χ0v) is 12.5. The first-order chi connectivity index (χ1) is 7.64. The smallest absolute Gasteiger partial charge is 0.309 e. The molecule has 0 saturated carbocycles. The van der Waals surface area contributed by atoms with E-state index in [2.05, 4.69) is 34.6 Å². The minimum atomic E-state index is -0.0481. The quantitative estimate of drug-likeness (QED) is 0.672. The lowest BCUT2D eigenvalue weighted by atomic mass is 9.76. The fraction of sp³-hybridized carbons (Fsp3) is 0.929. The highest BCUT2D eigenvalue weighted by atomic mass is 16.5. The van der Waals surface area contributed by atoms with Crippen molar-refractivity contribution in [2.45, 2.75) is 41.0 Å². The Morgan fingerprint density at radius 3 is 2.12 bits per heavy atom. The van der Waals surface area contributed by atoms with Crippen molar-refractivity contribution < 1.29 is 9.53 Å². The second-order valence-electron chi connectivity index (χ2n) is 6.52. The molecule has 0 saturated heterocycles. The molecule has 0 N–H and O–H groups in total. The molecule has 1 unspecified atom stereocenters. The standard InChI is InChI=1S/C14H29NO2/c1-11(2)10-12(14(3,4)5)13(16)17-9-8-15(6)7/h11-12H,8-10H2,1-7H3. The third-order valence-electron chi connectivity index (χ3n) is 2.82. The SMILES string of the molecule is CC(C)CC(C(=O)OCCN(C)C)C(C)(C)C. The van der Waals surface area contributed by atoms with Crippen LogP contribution in [0.15, 0.2) is 0 Å². The van der Waals surface area contributed by atoms with Crippen molar-refractivity contribution in [3.05, 3.63) is 0 Å². The monoisotopic (exact) mass is 243 g/mol. The lowest BCUT2D eigenvalue weighted by Gasteiger charge is -2.30. The highest BCUT2D eigenvalue weighted by Crippen LogP contribution is 2.32. The van der Waals surface area contributed by atoms with E-state index in [1.807, 2.05) is 19.0 Å². The molecule has 0 aliphatic carbocycles. The van der Waals surface area contributed by atoms with E-state index < -0.39 is 0 Å². The zero-order valence-electron chi connectivity index (χ0n) is 12.5. The number of ether oxygens (including phenoxy) is 1. The van der Waals surface area contributed by atoms with Gasteiger partial charge in [-0.15, -0.1) is 0 Å². The van der Waals surface area contributed by atoms with Crippen molar-refractivity contribution in [3.63, 3.8) is 0 Å². The van der Waals surface area contributed by atoms with Crippen LogP contribution in [-0.4, -0.2) is 38.1 Å². The predicted octanol–water partition coefficient (Wildman–Crippen LogP) is 2.80. The first kappa shape index (κ1) is 16.4. The van der Waals surface area contributed by atoms with Gasteiger partial charge in [0.1, 0.15) is 6.61 Å². The number of esters is 1. The Bertz CT molecular complexity index is 229. The fourth-order valence-electron chi connectivity index (χ4n) is 1.70. The van der Waals surface area contributed by atoms with Crippen molar-refractivity contribution in [1.29, 1.82) is 0 Å². The summed E-state index contributed by atoms with van der Waals surface area (Å²) in [5.74, 6) is 0.457. The average molecular weight is 243 g/mol. The van der Waals surface area contributed by atoms with Gasteiger partial charge in [0, 0.05) is 6.54 Å². The molecule has 102 valence electrons. The maximum Gasteiger partial charge on any atom is 0.309 e. The van der Waals surface area contributed by atoms with Gasteiger partial charge in [-0.25, -0.2) is 0 Å². The first-order valence-electron chi connectivity index (χ1n) is 6.46. The van der Waals surface area contributed by atoms with Gasteiger partial charge in [0.15, 0.2) is 0 Å². The molecule has 0 aromatic rings. The molecule has 0 aliphatic heterocycles. The van der Waals surface area contributed by atoms with E-state index in [0.717, 1.165) is 13.0 Å². The molecule has 0 radical (unpaired) electrons. The summed E-state index contributed by atoms with van der Waals surface area (Å²) in [6, 6.07) is 0. The summed E-state index contributed by atoms with van der Waals surface area (Å²) in [5, 5.41) is 0. The summed E-state index contributed by atoms with van der Waals surface area (Å²) in [6.07, 6.45) is 0.893. The third-order valence-corrected chi connectivity index (χ3v) is 2.82. The van der Waals surface area contributed by atoms with Crippen molar-refractivity contribution in [3.8, 4) is 0 Å². The summed E-state index contributed by atoms with van der Waals surface area (Å²) in [7, 11) is 3.95. The van der Waals surface area contributed by atoms with Crippen LogP contribution in [0.1, 0.15) is 41.0 Å². The summed E-state index contributed by atoms with van der Waals surface area (Å²) < 4.78 is 5.36. The molecule has 0 amide bonds. The van der Waals surface area contributed by atoms with Crippen LogP contribution in [0.2, 0.25) is 0 Å². The Kier molecular flexibility index (Phi) is 6.76. The average Bonchev–Trinajstić information content (AvgIpc) is 2.11. The van der Waals surface area contributed by atoms with E-state index in [9.17, 15) is 4.79 Å². The van der Waals surface area contributed by atoms with Crippen LogP contribution in [0.4, 0.5) is 0 Å². The van der Waals surface area contributed by atoms with Crippen molar-refractivity contribution in [2.24, 2.45) is 17.3 Å². The maximum atomic E-state index is 12.1. The highest BCUT2D eigenvalue weighted by Gasteiger charge is 2.32. The molecule has 0 fully saturated rings. The van der Waals surface area contributed by atoms with Gasteiger partial charge in [-0.1, -0.05) is 34.6 Å². The minimum absolute atomic E-state index is 0.00957. The summed E-state index contributed by atoms with van der Waals surface area (Å²) in [4.78, 5) is 14.1. The van der Waals surface area contributed by atoms with Crippen LogP contribution in [0, 0.1) is 17.3 Å². The maximum absolute atomic E-state index is 12.1. The van der Waals surface area contributed by atoms with Crippen LogP contribution >= 0.6 is 0 Å². The molecule has 0 rings (SSSR count). The Hall–Kier alpha value is -0.570. The van der Waals surface area contributed by atoms with Crippen molar-refractivity contribution in [1.82, 2.24) is 4.90 Å². The Labute approximate surface area is 107 Å². The largest absolute Gasteiger partial charge is 0.464 e. The lowest BCUT2D eigenvalue weighted by Crippen LogP contribution is -2.33. The molecule has 1 atom stereocenters. The van der Waals surface area contributed by atoms with Crippen LogP contribution in [0.25, 0.3) is 0 Å². The van der Waals surface area contributed by atoms with Crippen LogP contribution in [0.3, 0.4) is 0 Å². The normalized spacial score (nSPS) is 14.2. The number of nitrogens with zero attached hydrogens (tertiary/aromatic N) is 1. The molecule has 0 spiro atoms. The fourth-order valence-corrected chi connectivity index (χ4v) is 1.70. The predicted molar refractivity (Wildman–Crippen MR) is 71.9 cm³/mol. The second-order valence-corrected chi connectivity index (χ2v) is 6.52. The molecule has 3 heteroatoms.